The smallest absolute Gasteiger partial charge is 0.210 e. The van der Waals surface area contributed by atoms with Crippen LogP contribution in [0, 0.1) is 6.92 Å². The van der Waals surface area contributed by atoms with Gasteiger partial charge in [-0.2, -0.15) is 0 Å². The number of aldehydes is 1. The number of ketones is 2. The fourth-order valence-corrected chi connectivity index (χ4v) is 5.97. The molecule has 6 nitrogen and oxygen atoms in total. The number of nitrogens with zero attached hydrogens (tertiary/aromatic N) is 2. The van der Waals surface area contributed by atoms with Crippen molar-refractivity contribution in [3.05, 3.63) is 112 Å². The number of carbonyl (C=O) groups excluding carboxylic acids is 3. The fraction of sp³-hybridized carbons (Fsp3) is 0.200. The Morgan fingerprint density at radius 2 is 1.53 bits per heavy atom. The van der Waals surface area contributed by atoms with Crippen molar-refractivity contribution in [2.75, 3.05) is 12.9 Å². The number of fused-ring (bicyclic) bond motifs is 3. The van der Waals surface area contributed by atoms with Crippen LogP contribution >= 0.6 is 23.4 Å². The average Bonchev–Trinajstić information content (AvgIpc) is 3.33. The Morgan fingerprint density at radius 3 is 2.14 bits per heavy atom. The molecule has 0 amide bonds. The Kier molecular flexibility index (Phi) is 10.9. The predicted molar refractivity (Wildman–Crippen MR) is 177 cm³/mol. The summed E-state index contributed by atoms with van der Waals surface area (Å²) in [4.78, 5) is 41.9. The second-order valence-electron chi connectivity index (χ2n) is 9.69. The molecule has 1 aromatic heterocycles. The highest BCUT2D eigenvalue weighted by molar-refractivity contribution is 7.99. The molecule has 5 aromatic rings. The van der Waals surface area contributed by atoms with Gasteiger partial charge in [-0.1, -0.05) is 41.0 Å². The SMILES string of the molecule is CC=O.CCn1c2ccc(C(=O)/C(CCSc3ccc(Cl)cc3)=N/OC)cc2c2cc(C(=O)c3ccccc3C)ccc21. The van der Waals surface area contributed by atoms with Crippen LogP contribution in [0.1, 0.15) is 52.1 Å². The molecule has 0 radical (unpaired) electrons. The van der Waals surface area contributed by atoms with E-state index in [2.05, 4.69) is 16.6 Å². The summed E-state index contributed by atoms with van der Waals surface area (Å²) in [6.45, 7) is 6.24. The molecule has 8 heteroatoms. The maximum Gasteiger partial charge on any atom is 0.210 e. The van der Waals surface area contributed by atoms with E-state index in [4.69, 9.17) is 21.2 Å². The summed E-state index contributed by atoms with van der Waals surface area (Å²) in [6, 6.07) is 26.8. The zero-order valence-corrected chi connectivity index (χ0v) is 26.2. The summed E-state index contributed by atoms with van der Waals surface area (Å²) in [6.07, 6.45) is 1.20. The first-order valence-electron chi connectivity index (χ1n) is 13.9. The van der Waals surface area contributed by atoms with E-state index < -0.39 is 0 Å². The maximum absolute atomic E-state index is 13.6. The van der Waals surface area contributed by atoms with Crippen LogP contribution in [-0.2, 0) is 16.2 Å². The highest BCUT2D eigenvalue weighted by Crippen LogP contribution is 2.32. The normalized spacial score (nSPS) is 11.2. The van der Waals surface area contributed by atoms with Gasteiger partial charge in [0.05, 0.1) is 0 Å². The molecule has 0 aliphatic rings. The first-order valence-corrected chi connectivity index (χ1v) is 15.3. The number of Topliss-reactive ketones (excluding diaryl/α,β-unsaturated/α-hetero) is 1. The number of thioether (sulfide) groups is 1. The lowest BCUT2D eigenvalue weighted by Crippen LogP contribution is -2.16. The average molecular weight is 613 g/mol. The van der Waals surface area contributed by atoms with Gasteiger partial charge in [0.15, 0.2) is 5.78 Å². The molecule has 0 aliphatic carbocycles. The largest absolute Gasteiger partial charge is 0.399 e. The predicted octanol–water partition coefficient (Wildman–Crippen LogP) is 8.58. The molecule has 0 unspecified atom stereocenters. The molecule has 0 saturated carbocycles. The molecule has 0 atom stereocenters. The van der Waals surface area contributed by atoms with Crippen molar-refractivity contribution in [1.29, 1.82) is 0 Å². The molecule has 0 fully saturated rings. The third-order valence-electron chi connectivity index (χ3n) is 6.98. The van der Waals surface area contributed by atoms with Crippen molar-refractivity contribution >= 4 is 68.7 Å². The number of aromatic nitrogens is 1. The van der Waals surface area contributed by atoms with Crippen molar-refractivity contribution in [1.82, 2.24) is 4.57 Å². The summed E-state index contributed by atoms with van der Waals surface area (Å²) in [5.41, 5.74) is 5.18. The minimum atomic E-state index is -0.176. The van der Waals surface area contributed by atoms with E-state index in [1.807, 2.05) is 91.9 Å². The van der Waals surface area contributed by atoms with Crippen molar-refractivity contribution < 1.29 is 19.2 Å². The first-order chi connectivity index (χ1) is 20.8. The number of hydrogen-bond acceptors (Lipinski definition) is 6. The summed E-state index contributed by atoms with van der Waals surface area (Å²) in [7, 11) is 1.45. The Balaban J connectivity index is 0.00000135. The van der Waals surface area contributed by atoms with Crippen molar-refractivity contribution in [3.63, 3.8) is 0 Å². The second kappa shape index (κ2) is 14.8. The van der Waals surface area contributed by atoms with Crippen LogP contribution in [0.25, 0.3) is 21.8 Å². The summed E-state index contributed by atoms with van der Waals surface area (Å²) >= 11 is 7.61. The molecule has 4 aromatic carbocycles. The van der Waals surface area contributed by atoms with Gasteiger partial charge in [-0.05, 0) is 87.0 Å². The zero-order valence-electron chi connectivity index (χ0n) is 24.6. The molecular formula is C35H33ClN2O4S. The maximum atomic E-state index is 13.6. The van der Waals surface area contributed by atoms with Gasteiger partial charge in [0.1, 0.15) is 19.1 Å². The van der Waals surface area contributed by atoms with Gasteiger partial charge in [0, 0.05) is 67.1 Å². The molecule has 0 saturated heterocycles. The number of aryl methyl sites for hydroxylation is 2. The van der Waals surface area contributed by atoms with Gasteiger partial charge in [0.25, 0.3) is 0 Å². The summed E-state index contributed by atoms with van der Waals surface area (Å²) in [5.74, 6) is 0.472. The molecule has 0 spiro atoms. The fourth-order valence-electron chi connectivity index (χ4n) is 4.98. The van der Waals surface area contributed by atoms with E-state index in [9.17, 15) is 9.59 Å². The number of rotatable bonds is 10. The Morgan fingerprint density at radius 1 is 0.930 bits per heavy atom. The first kappa shape index (κ1) is 31.7. The van der Waals surface area contributed by atoms with E-state index in [1.54, 1.807) is 11.8 Å². The highest BCUT2D eigenvalue weighted by Gasteiger charge is 2.19. The van der Waals surface area contributed by atoms with Gasteiger partial charge in [0.2, 0.25) is 5.78 Å². The highest BCUT2D eigenvalue weighted by atomic mass is 35.5. The van der Waals surface area contributed by atoms with Gasteiger partial charge < -0.3 is 14.2 Å². The minimum absolute atomic E-state index is 0.0164. The van der Waals surface area contributed by atoms with Gasteiger partial charge in [-0.25, -0.2) is 0 Å². The molecule has 0 aliphatic heterocycles. The van der Waals surface area contributed by atoms with Crippen LogP contribution in [0.4, 0.5) is 0 Å². The Bertz CT molecular complexity index is 1810. The topological polar surface area (TPSA) is 77.7 Å². The lowest BCUT2D eigenvalue weighted by molar-refractivity contribution is -0.106. The van der Waals surface area contributed by atoms with Crippen LogP contribution in [0.5, 0.6) is 0 Å². The van der Waals surface area contributed by atoms with Crippen LogP contribution < -0.4 is 0 Å². The van der Waals surface area contributed by atoms with E-state index in [0.717, 1.165) is 45.1 Å². The Hall–Kier alpha value is -4.20. The molecular weight excluding hydrogens is 580 g/mol. The molecule has 5 rings (SSSR count). The van der Waals surface area contributed by atoms with Crippen molar-refractivity contribution in [3.8, 4) is 0 Å². The van der Waals surface area contributed by atoms with Gasteiger partial charge >= 0.3 is 0 Å². The second-order valence-corrected chi connectivity index (χ2v) is 11.3. The number of benzene rings is 4. The Labute approximate surface area is 260 Å². The van der Waals surface area contributed by atoms with Crippen molar-refractivity contribution in [2.45, 2.75) is 38.6 Å². The van der Waals surface area contributed by atoms with E-state index in [-0.39, 0.29) is 11.6 Å². The molecule has 1 heterocycles. The van der Waals surface area contributed by atoms with Crippen LogP contribution in [0.2, 0.25) is 5.02 Å². The lowest BCUT2D eigenvalue weighted by atomic mass is 9.97. The third-order valence-corrected chi connectivity index (χ3v) is 8.25. The minimum Gasteiger partial charge on any atom is -0.399 e. The van der Waals surface area contributed by atoms with Crippen molar-refractivity contribution in [2.24, 2.45) is 5.16 Å². The lowest BCUT2D eigenvalue weighted by Gasteiger charge is -2.07. The van der Waals surface area contributed by atoms with E-state index in [0.29, 0.717) is 39.6 Å². The van der Waals surface area contributed by atoms with Crippen LogP contribution in [0.3, 0.4) is 0 Å². The number of carbonyl (C=O) groups is 3. The quantitative estimate of drug-likeness (QED) is 0.0519. The molecule has 0 bridgehead atoms. The van der Waals surface area contributed by atoms with E-state index >= 15 is 0 Å². The summed E-state index contributed by atoms with van der Waals surface area (Å²) < 4.78 is 2.20. The monoisotopic (exact) mass is 612 g/mol. The van der Waals surface area contributed by atoms with E-state index in [1.165, 1.54) is 14.0 Å². The van der Waals surface area contributed by atoms with Gasteiger partial charge in [-0.15, -0.1) is 11.8 Å². The number of oxime groups is 1. The number of hydrogen-bond donors (Lipinski definition) is 0. The van der Waals surface area contributed by atoms with Gasteiger partial charge in [-0.3, -0.25) is 9.59 Å². The van der Waals surface area contributed by atoms with Crippen LogP contribution in [0.15, 0.2) is 95.0 Å². The zero-order chi connectivity index (χ0) is 30.9. The molecule has 220 valence electrons. The van der Waals surface area contributed by atoms with Crippen LogP contribution in [-0.4, -0.2) is 41.0 Å². The third kappa shape index (κ3) is 7.24. The summed E-state index contributed by atoms with van der Waals surface area (Å²) in [5, 5.41) is 6.62. The standard InChI is InChI=1S/C33H29ClN2O3S.C2H4O/c1-4-36-30-15-9-22(32(37)26-8-6-5-7-21(26)2)19-27(30)28-20-23(10-16-31(28)36)33(38)29(35-39-3)17-18-40-25-13-11-24(34)12-14-25;1-2-3/h5-16,19-20H,4,17-18H2,1-3H3;2H,1H3/b35-29+;. The number of halogens is 1. The molecule has 0 N–H and O–H groups in total. The molecule has 43 heavy (non-hydrogen) atoms.